The van der Waals surface area contributed by atoms with Crippen molar-refractivity contribution in [3.8, 4) is 0 Å². The van der Waals surface area contributed by atoms with Gasteiger partial charge in [0.1, 0.15) is 0 Å². The van der Waals surface area contributed by atoms with Gasteiger partial charge in [-0.3, -0.25) is 0 Å². The zero-order valence-electron chi connectivity index (χ0n) is 11.0. The third-order valence-corrected chi connectivity index (χ3v) is 3.67. The molecule has 1 unspecified atom stereocenters. The van der Waals surface area contributed by atoms with Crippen molar-refractivity contribution in [1.29, 1.82) is 0 Å². The molecule has 4 heteroatoms. The second-order valence-corrected chi connectivity index (χ2v) is 5.46. The summed E-state index contributed by atoms with van der Waals surface area (Å²) in [5.74, 6) is 0. The molecule has 0 fully saturated rings. The van der Waals surface area contributed by atoms with E-state index in [0.717, 1.165) is 13.0 Å². The monoisotopic (exact) mass is 309 g/mol. The van der Waals surface area contributed by atoms with E-state index in [1.165, 1.54) is 5.56 Å². The van der Waals surface area contributed by atoms with Gasteiger partial charge in [-0.1, -0.05) is 53.5 Å². The number of rotatable bonds is 6. The lowest BCUT2D eigenvalue weighted by molar-refractivity contribution is 0.175. The first kappa shape index (κ1) is 15.3. The molecule has 0 bridgehead atoms. The lowest BCUT2D eigenvalue weighted by Crippen LogP contribution is -2.23. The average molecular weight is 310 g/mol. The normalized spacial score (nSPS) is 12.3. The van der Waals surface area contributed by atoms with Gasteiger partial charge in [-0.15, -0.1) is 0 Å². The van der Waals surface area contributed by atoms with E-state index >= 15 is 0 Å². The molecule has 0 saturated carbocycles. The van der Waals surface area contributed by atoms with Gasteiger partial charge in [0.2, 0.25) is 0 Å². The molecule has 2 aromatic rings. The van der Waals surface area contributed by atoms with Gasteiger partial charge in [-0.2, -0.15) is 0 Å². The minimum Gasteiger partial charge on any atom is -0.387 e. The van der Waals surface area contributed by atoms with E-state index in [1.54, 1.807) is 18.2 Å². The summed E-state index contributed by atoms with van der Waals surface area (Å²) < 4.78 is 0. The van der Waals surface area contributed by atoms with Gasteiger partial charge < -0.3 is 10.4 Å². The number of aliphatic hydroxyl groups excluding tert-OH is 1. The van der Waals surface area contributed by atoms with Crippen molar-refractivity contribution in [1.82, 2.24) is 5.32 Å². The van der Waals surface area contributed by atoms with Crippen LogP contribution in [0.3, 0.4) is 0 Å². The number of halogens is 2. The lowest BCUT2D eigenvalue weighted by Gasteiger charge is -2.14. The Bertz CT molecular complexity index is 545. The van der Waals surface area contributed by atoms with Gasteiger partial charge in [-0.05, 0) is 36.7 Å². The molecule has 0 aromatic heterocycles. The molecule has 0 amide bonds. The Hall–Kier alpha value is -1.06. The van der Waals surface area contributed by atoms with Crippen LogP contribution in [0.15, 0.2) is 48.5 Å². The third kappa shape index (κ3) is 4.50. The van der Waals surface area contributed by atoms with Gasteiger partial charge in [0, 0.05) is 22.2 Å². The van der Waals surface area contributed by atoms with Crippen molar-refractivity contribution in [3.63, 3.8) is 0 Å². The molecule has 2 aromatic carbocycles. The summed E-state index contributed by atoms with van der Waals surface area (Å²) in [5, 5.41) is 14.5. The Morgan fingerprint density at radius 1 is 1.05 bits per heavy atom. The molecule has 1 atom stereocenters. The maximum Gasteiger partial charge on any atom is 0.0929 e. The number of hydrogen-bond donors (Lipinski definition) is 2. The minimum atomic E-state index is -0.656. The van der Waals surface area contributed by atoms with E-state index < -0.39 is 6.10 Å². The van der Waals surface area contributed by atoms with E-state index in [1.807, 2.05) is 18.2 Å². The van der Waals surface area contributed by atoms with Crippen molar-refractivity contribution >= 4 is 23.2 Å². The Labute approximate surface area is 129 Å². The molecule has 20 heavy (non-hydrogen) atoms. The Balaban J connectivity index is 1.80. The molecule has 0 heterocycles. The molecule has 0 saturated heterocycles. The van der Waals surface area contributed by atoms with E-state index in [9.17, 15) is 5.11 Å². The van der Waals surface area contributed by atoms with E-state index in [-0.39, 0.29) is 0 Å². The fourth-order valence-corrected chi connectivity index (χ4v) is 2.42. The molecule has 0 radical (unpaired) electrons. The average Bonchev–Trinajstić information content (AvgIpc) is 2.47. The van der Waals surface area contributed by atoms with Crippen LogP contribution in [0.4, 0.5) is 0 Å². The molecule has 0 spiro atoms. The highest BCUT2D eigenvalue weighted by Crippen LogP contribution is 2.25. The first-order valence-corrected chi connectivity index (χ1v) is 7.30. The highest BCUT2D eigenvalue weighted by Gasteiger charge is 2.11. The van der Waals surface area contributed by atoms with Crippen molar-refractivity contribution < 1.29 is 5.11 Å². The van der Waals surface area contributed by atoms with Crippen LogP contribution in [0.2, 0.25) is 10.0 Å². The van der Waals surface area contributed by atoms with Crippen LogP contribution >= 0.6 is 23.2 Å². The first-order chi connectivity index (χ1) is 9.66. The summed E-state index contributed by atoms with van der Waals surface area (Å²) in [7, 11) is 0. The molecular weight excluding hydrogens is 293 g/mol. The van der Waals surface area contributed by atoms with Gasteiger partial charge in [0.05, 0.1) is 6.10 Å². The molecule has 0 aliphatic heterocycles. The lowest BCUT2D eigenvalue weighted by atomic mass is 10.1. The zero-order chi connectivity index (χ0) is 14.4. The van der Waals surface area contributed by atoms with Crippen LogP contribution in [-0.2, 0) is 6.42 Å². The van der Waals surface area contributed by atoms with E-state index in [0.29, 0.717) is 22.2 Å². The molecule has 106 valence electrons. The zero-order valence-corrected chi connectivity index (χ0v) is 12.5. The SMILES string of the molecule is OC(CNCCc1ccccc1)c1cc(Cl)ccc1Cl. The minimum absolute atomic E-state index is 0.451. The van der Waals surface area contributed by atoms with Gasteiger partial charge in [-0.25, -0.2) is 0 Å². The summed E-state index contributed by atoms with van der Waals surface area (Å²) in [6.45, 7) is 1.26. The molecular formula is C16H17Cl2NO. The number of benzene rings is 2. The van der Waals surface area contributed by atoms with Gasteiger partial charge >= 0.3 is 0 Å². The van der Waals surface area contributed by atoms with Crippen molar-refractivity contribution in [3.05, 3.63) is 69.7 Å². The molecule has 2 rings (SSSR count). The second-order valence-electron chi connectivity index (χ2n) is 4.62. The van der Waals surface area contributed by atoms with Crippen LogP contribution in [0.25, 0.3) is 0 Å². The summed E-state index contributed by atoms with van der Waals surface area (Å²) >= 11 is 12.0. The molecule has 2 N–H and O–H groups in total. The number of nitrogens with one attached hydrogen (secondary N) is 1. The summed E-state index contributed by atoms with van der Waals surface area (Å²) in [5.41, 5.74) is 1.93. The van der Waals surface area contributed by atoms with E-state index in [4.69, 9.17) is 23.2 Å². The van der Waals surface area contributed by atoms with Crippen molar-refractivity contribution in [2.45, 2.75) is 12.5 Å². The fraction of sp³-hybridized carbons (Fsp3) is 0.250. The predicted molar refractivity (Wildman–Crippen MR) is 84.4 cm³/mol. The standard InChI is InChI=1S/C16H17Cl2NO/c17-13-6-7-15(18)14(10-13)16(20)11-19-9-8-12-4-2-1-3-5-12/h1-7,10,16,19-20H,8-9,11H2. The molecule has 0 aliphatic rings. The van der Waals surface area contributed by atoms with Crippen LogP contribution in [-0.4, -0.2) is 18.2 Å². The number of hydrogen-bond acceptors (Lipinski definition) is 2. The predicted octanol–water partition coefficient (Wildman–Crippen LogP) is 3.86. The molecule has 2 nitrogen and oxygen atoms in total. The smallest absolute Gasteiger partial charge is 0.0929 e. The van der Waals surface area contributed by atoms with Crippen LogP contribution in [0.1, 0.15) is 17.2 Å². The Morgan fingerprint density at radius 2 is 1.80 bits per heavy atom. The topological polar surface area (TPSA) is 32.3 Å². The first-order valence-electron chi connectivity index (χ1n) is 6.54. The highest BCUT2D eigenvalue weighted by atomic mass is 35.5. The second kappa shape index (κ2) is 7.65. The van der Waals surface area contributed by atoms with Crippen molar-refractivity contribution in [2.75, 3.05) is 13.1 Å². The van der Waals surface area contributed by atoms with Crippen molar-refractivity contribution in [2.24, 2.45) is 0 Å². The maximum atomic E-state index is 10.1. The van der Waals surface area contributed by atoms with Crippen LogP contribution in [0.5, 0.6) is 0 Å². The van der Waals surface area contributed by atoms with E-state index in [2.05, 4.69) is 17.4 Å². The largest absolute Gasteiger partial charge is 0.387 e. The van der Waals surface area contributed by atoms with Gasteiger partial charge in [0.15, 0.2) is 0 Å². The Kier molecular flexibility index (Phi) is 5.86. The van der Waals surface area contributed by atoms with Gasteiger partial charge in [0.25, 0.3) is 0 Å². The summed E-state index contributed by atoms with van der Waals surface area (Å²) in [6, 6.07) is 15.3. The highest BCUT2D eigenvalue weighted by molar-refractivity contribution is 6.33. The quantitative estimate of drug-likeness (QED) is 0.794. The number of aliphatic hydroxyl groups is 1. The maximum absolute atomic E-state index is 10.1. The Morgan fingerprint density at radius 3 is 2.55 bits per heavy atom. The molecule has 0 aliphatic carbocycles. The van der Waals surface area contributed by atoms with Crippen LogP contribution in [0, 0.1) is 0 Å². The fourth-order valence-electron chi connectivity index (χ4n) is 2.00. The summed E-state index contributed by atoms with van der Waals surface area (Å²) in [6.07, 6.45) is 0.272. The third-order valence-electron chi connectivity index (χ3n) is 3.09. The summed E-state index contributed by atoms with van der Waals surface area (Å²) in [4.78, 5) is 0. The van der Waals surface area contributed by atoms with Crippen LogP contribution < -0.4 is 5.32 Å².